The monoisotopic (exact) mass is 263 g/mol. The van der Waals surface area contributed by atoms with Crippen molar-refractivity contribution in [3.05, 3.63) is 29.8 Å². The van der Waals surface area contributed by atoms with Crippen molar-refractivity contribution in [2.24, 2.45) is 0 Å². The van der Waals surface area contributed by atoms with E-state index in [1.54, 1.807) is 0 Å². The van der Waals surface area contributed by atoms with E-state index in [1.165, 1.54) is 42.6 Å². The first-order valence-corrected chi connectivity index (χ1v) is 8.18. The molecule has 1 saturated carbocycles. The maximum absolute atomic E-state index is 3.53. The topological polar surface area (TPSA) is 12.0 Å². The van der Waals surface area contributed by atoms with Crippen LogP contribution in [0.2, 0.25) is 0 Å². The Hall–Kier alpha value is -0.470. The second-order valence-electron chi connectivity index (χ2n) is 5.20. The molecule has 1 atom stereocenters. The van der Waals surface area contributed by atoms with Crippen LogP contribution < -0.4 is 5.32 Å². The molecule has 0 amide bonds. The normalized spacial score (nSPS) is 18.8. The van der Waals surface area contributed by atoms with Gasteiger partial charge in [-0.15, -0.1) is 11.8 Å². The van der Waals surface area contributed by atoms with Gasteiger partial charge < -0.3 is 5.32 Å². The molecule has 1 nitrogen and oxygen atoms in total. The van der Waals surface area contributed by atoms with Crippen molar-refractivity contribution in [1.29, 1.82) is 0 Å². The van der Waals surface area contributed by atoms with E-state index in [4.69, 9.17) is 0 Å². The fourth-order valence-corrected chi connectivity index (χ4v) is 4.19. The Morgan fingerprint density at radius 1 is 1.22 bits per heavy atom. The van der Waals surface area contributed by atoms with Crippen LogP contribution in [0.15, 0.2) is 29.2 Å². The maximum atomic E-state index is 3.53. The summed E-state index contributed by atoms with van der Waals surface area (Å²) in [5, 5.41) is 4.37. The van der Waals surface area contributed by atoms with Gasteiger partial charge in [0.15, 0.2) is 0 Å². The van der Waals surface area contributed by atoms with E-state index in [-0.39, 0.29) is 0 Å². The average Bonchev–Trinajstić information content (AvgIpc) is 2.41. The fourth-order valence-electron chi connectivity index (χ4n) is 2.72. The molecule has 1 aliphatic rings. The van der Waals surface area contributed by atoms with E-state index in [2.05, 4.69) is 55.2 Å². The summed E-state index contributed by atoms with van der Waals surface area (Å²) in [4.78, 5) is 1.48. The maximum Gasteiger partial charge on any atom is 0.0302 e. The Morgan fingerprint density at radius 2 is 1.94 bits per heavy atom. The van der Waals surface area contributed by atoms with Crippen LogP contribution in [0.5, 0.6) is 0 Å². The third kappa shape index (κ3) is 3.76. The summed E-state index contributed by atoms with van der Waals surface area (Å²) >= 11 is 2.11. The van der Waals surface area contributed by atoms with Gasteiger partial charge >= 0.3 is 0 Å². The highest BCUT2D eigenvalue weighted by Gasteiger charge is 2.17. The van der Waals surface area contributed by atoms with E-state index < -0.39 is 0 Å². The largest absolute Gasteiger partial charge is 0.310 e. The minimum absolute atomic E-state index is 0.460. The van der Waals surface area contributed by atoms with Crippen molar-refractivity contribution in [3.8, 4) is 0 Å². The van der Waals surface area contributed by atoms with Crippen LogP contribution in [0.25, 0.3) is 0 Å². The Morgan fingerprint density at radius 3 is 2.67 bits per heavy atom. The third-order valence-corrected chi connectivity index (χ3v) is 5.17. The molecule has 1 unspecified atom stereocenters. The van der Waals surface area contributed by atoms with Gasteiger partial charge in [0.25, 0.3) is 0 Å². The molecule has 0 saturated heterocycles. The Labute approximate surface area is 116 Å². The van der Waals surface area contributed by atoms with Crippen LogP contribution in [-0.4, -0.2) is 11.8 Å². The lowest BCUT2D eigenvalue weighted by Crippen LogP contribution is -2.18. The third-order valence-electron chi connectivity index (χ3n) is 3.74. The van der Waals surface area contributed by atoms with Crippen LogP contribution in [0, 0.1) is 0 Å². The quantitative estimate of drug-likeness (QED) is 0.820. The average molecular weight is 263 g/mol. The molecule has 0 bridgehead atoms. The van der Waals surface area contributed by atoms with Gasteiger partial charge in [0.2, 0.25) is 0 Å². The summed E-state index contributed by atoms with van der Waals surface area (Å²) in [6, 6.07) is 9.37. The van der Waals surface area contributed by atoms with Crippen molar-refractivity contribution in [2.45, 2.75) is 62.1 Å². The molecule has 0 radical (unpaired) electrons. The molecule has 1 aromatic carbocycles. The lowest BCUT2D eigenvalue weighted by Gasteiger charge is -2.24. The summed E-state index contributed by atoms with van der Waals surface area (Å²) in [5.41, 5.74) is 1.47. The first kappa shape index (κ1) is 14.0. The summed E-state index contributed by atoms with van der Waals surface area (Å²) in [5.74, 6) is 0. The van der Waals surface area contributed by atoms with Crippen molar-refractivity contribution >= 4 is 11.8 Å². The van der Waals surface area contributed by atoms with Gasteiger partial charge in [0.05, 0.1) is 0 Å². The molecule has 2 heteroatoms. The van der Waals surface area contributed by atoms with Crippen LogP contribution in [-0.2, 0) is 0 Å². The van der Waals surface area contributed by atoms with Gasteiger partial charge in [-0.3, -0.25) is 0 Å². The SMILES string of the molecule is CCNC(C)c1ccccc1SC1CCCCC1. The van der Waals surface area contributed by atoms with Gasteiger partial charge in [0.1, 0.15) is 0 Å². The number of benzene rings is 1. The van der Waals surface area contributed by atoms with Gasteiger partial charge in [-0.25, -0.2) is 0 Å². The lowest BCUT2D eigenvalue weighted by molar-refractivity contribution is 0.515. The van der Waals surface area contributed by atoms with E-state index in [9.17, 15) is 0 Å². The summed E-state index contributed by atoms with van der Waals surface area (Å²) in [6.45, 7) is 5.47. The predicted octanol–water partition coefficient (Wildman–Crippen LogP) is 4.78. The minimum atomic E-state index is 0.460. The van der Waals surface area contributed by atoms with Gasteiger partial charge in [0, 0.05) is 16.2 Å². The number of nitrogens with one attached hydrogen (secondary N) is 1. The molecule has 1 fully saturated rings. The van der Waals surface area contributed by atoms with Gasteiger partial charge in [-0.2, -0.15) is 0 Å². The predicted molar refractivity (Wildman–Crippen MR) is 81.3 cm³/mol. The molecule has 18 heavy (non-hydrogen) atoms. The highest BCUT2D eigenvalue weighted by Crippen LogP contribution is 2.36. The zero-order chi connectivity index (χ0) is 12.8. The first-order valence-electron chi connectivity index (χ1n) is 7.30. The van der Waals surface area contributed by atoms with Crippen molar-refractivity contribution in [2.75, 3.05) is 6.54 Å². The summed E-state index contributed by atoms with van der Waals surface area (Å²) in [7, 11) is 0. The minimum Gasteiger partial charge on any atom is -0.310 e. The zero-order valence-corrected chi connectivity index (χ0v) is 12.4. The number of rotatable bonds is 5. The molecule has 1 N–H and O–H groups in total. The molecule has 1 aliphatic carbocycles. The highest BCUT2D eigenvalue weighted by molar-refractivity contribution is 8.00. The molecule has 100 valence electrons. The second kappa shape index (κ2) is 7.20. The molecule has 1 aromatic rings. The zero-order valence-electron chi connectivity index (χ0n) is 11.6. The standard InChI is InChI=1S/C16H25NS/c1-3-17-13(2)15-11-7-8-12-16(15)18-14-9-5-4-6-10-14/h7-8,11-14,17H,3-6,9-10H2,1-2H3. The molecule has 0 heterocycles. The number of thioether (sulfide) groups is 1. The van der Waals surface area contributed by atoms with E-state index in [0.29, 0.717) is 6.04 Å². The van der Waals surface area contributed by atoms with E-state index >= 15 is 0 Å². The molecule has 0 aromatic heterocycles. The molecule has 0 aliphatic heterocycles. The second-order valence-corrected chi connectivity index (χ2v) is 6.54. The summed E-state index contributed by atoms with van der Waals surface area (Å²) in [6.07, 6.45) is 7.07. The van der Waals surface area contributed by atoms with Crippen molar-refractivity contribution in [1.82, 2.24) is 5.32 Å². The number of hydrogen-bond donors (Lipinski definition) is 1. The van der Waals surface area contributed by atoms with E-state index in [1.807, 2.05) is 0 Å². The van der Waals surface area contributed by atoms with Crippen LogP contribution in [0.4, 0.5) is 0 Å². The molecule has 2 rings (SSSR count). The first-order chi connectivity index (χ1) is 8.81. The molecule has 0 spiro atoms. The van der Waals surface area contributed by atoms with Crippen LogP contribution in [0.3, 0.4) is 0 Å². The van der Waals surface area contributed by atoms with Gasteiger partial charge in [-0.05, 0) is 37.9 Å². The Kier molecular flexibility index (Phi) is 5.58. The van der Waals surface area contributed by atoms with Crippen molar-refractivity contribution in [3.63, 3.8) is 0 Å². The summed E-state index contributed by atoms with van der Waals surface area (Å²) < 4.78 is 0. The molecular weight excluding hydrogens is 238 g/mol. The van der Waals surface area contributed by atoms with Gasteiger partial charge in [-0.1, -0.05) is 44.4 Å². The lowest BCUT2D eigenvalue weighted by atomic mass is 10.0. The number of hydrogen-bond acceptors (Lipinski definition) is 2. The highest BCUT2D eigenvalue weighted by atomic mass is 32.2. The Bertz CT molecular complexity index is 358. The van der Waals surface area contributed by atoms with Crippen LogP contribution in [0.1, 0.15) is 57.6 Å². The molecular formula is C16H25NS. The van der Waals surface area contributed by atoms with Crippen LogP contribution >= 0.6 is 11.8 Å². The van der Waals surface area contributed by atoms with Crippen molar-refractivity contribution < 1.29 is 0 Å². The Balaban J connectivity index is 2.06. The fraction of sp³-hybridized carbons (Fsp3) is 0.625. The smallest absolute Gasteiger partial charge is 0.0302 e. The van der Waals surface area contributed by atoms with E-state index in [0.717, 1.165) is 11.8 Å².